The molecule has 1 fully saturated rings. The highest BCUT2D eigenvalue weighted by Gasteiger charge is 2.25. The Kier molecular flexibility index (Phi) is 4.66. The number of amides is 1. The monoisotopic (exact) mass is 305 g/mol. The molecule has 0 spiro atoms. The largest absolute Gasteiger partial charge is 0.369 e. The molecule has 110 valence electrons. The molecule has 1 aromatic rings. The second-order valence-electron chi connectivity index (χ2n) is 4.87. The van der Waals surface area contributed by atoms with E-state index >= 15 is 0 Å². The second kappa shape index (κ2) is 6.46. The van der Waals surface area contributed by atoms with Crippen LogP contribution in [0.15, 0.2) is 29.7 Å². The van der Waals surface area contributed by atoms with Gasteiger partial charge < -0.3 is 15.1 Å². The first-order valence-electron chi connectivity index (χ1n) is 6.48. The number of carbonyl (C=O) groups excluding carboxylic acids is 1. The molecule has 1 saturated heterocycles. The molecule has 0 atom stereocenters. The van der Waals surface area contributed by atoms with E-state index in [1.54, 1.807) is 26.4 Å². The highest BCUT2D eigenvalue weighted by atomic mass is 35.5. The topological polar surface area (TPSA) is 72.3 Å². The molecule has 7 heteroatoms. The number of nitrogens with one attached hydrogen (secondary N) is 1. The number of hydrogen-bond donors (Lipinski definition) is 1. The van der Waals surface area contributed by atoms with E-state index in [-0.39, 0.29) is 11.5 Å². The zero-order valence-corrected chi connectivity index (χ0v) is 12.7. The summed E-state index contributed by atoms with van der Waals surface area (Å²) in [7, 11) is 3.26. The summed E-state index contributed by atoms with van der Waals surface area (Å²) in [4.78, 5) is 19.4. The van der Waals surface area contributed by atoms with Crippen molar-refractivity contribution >= 4 is 17.5 Å². The molecule has 2 heterocycles. The van der Waals surface area contributed by atoms with Crippen LogP contribution in [0.3, 0.4) is 0 Å². The van der Waals surface area contributed by atoms with E-state index in [2.05, 4.69) is 10.3 Å². The summed E-state index contributed by atoms with van der Waals surface area (Å²) in [6, 6.07) is 5.60. The van der Waals surface area contributed by atoms with E-state index in [9.17, 15) is 10.1 Å². The van der Waals surface area contributed by atoms with Crippen LogP contribution in [-0.2, 0) is 11.3 Å². The fourth-order valence-corrected chi connectivity index (χ4v) is 2.20. The lowest BCUT2D eigenvalue weighted by molar-refractivity contribution is -0.124. The Morgan fingerprint density at radius 2 is 2.33 bits per heavy atom. The zero-order chi connectivity index (χ0) is 15.4. The first-order chi connectivity index (χ1) is 10.0. The van der Waals surface area contributed by atoms with Crippen molar-refractivity contribution in [3.63, 3.8) is 0 Å². The number of carbonyl (C=O) groups is 1. The Labute approximate surface area is 128 Å². The van der Waals surface area contributed by atoms with Gasteiger partial charge in [-0.05, 0) is 11.6 Å². The smallest absolute Gasteiger partial charge is 0.267 e. The lowest BCUT2D eigenvalue weighted by Crippen LogP contribution is -2.29. The van der Waals surface area contributed by atoms with Crippen molar-refractivity contribution in [1.29, 1.82) is 5.26 Å². The predicted molar refractivity (Wildman–Crippen MR) is 79.0 cm³/mol. The first kappa shape index (κ1) is 15.1. The molecule has 0 saturated carbocycles. The van der Waals surface area contributed by atoms with Gasteiger partial charge in [0.15, 0.2) is 5.57 Å². The maximum absolute atomic E-state index is 12.1. The van der Waals surface area contributed by atoms with E-state index in [4.69, 9.17) is 11.6 Å². The number of nitriles is 1. The van der Waals surface area contributed by atoms with E-state index in [1.807, 2.05) is 17.0 Å². The van der Waals surface area contributed by atoms with Gasteiger partial charge in [-0.2, -0.15) is 5.26 Å². The Bertz CT molecular complexity index is 603. The minimum absolute atomic E-state index is 0.124. The summed E-state index contributed by atoms with van der Waals surface area (Å²) in [5.74, 6) is 0.271. The molecule has 6 nitrogen and oxygen atoms in total. The molecular weight excluding hydrogens is 290 g/mol. The zero-order valence-electron chi connectivity index (χ0n) is 11.9. The quantitative estimate of drug-likeness (QED) is 0.512. The minimum Gasteiger partial charge on any atom is -0.369 e. The number of rotatable bonds is 3. The first-order valence-corrected chi connectivity index (χ1v) is 6.86. The number of hydrogen-bond acceptors (Lipinski definition) is 5. The standard InChI is InChI=1S/C14H16ClN5O/c1-19(2)14(21)11(7-16)13-17-5-6-20(13)9-10-3-4-12(15)18-8-10/h3-4,8,17H,5-6,9H2,1-2H3/b13-11-. The van der Waals surface area contributed by atoms with Crippen LogP contribution in [-0.4, -0.2) is 47.9 Å². The molecule has 21 heavy (non-hydrogen) atoms. The molecule has 1 amide bonds. The second-order valence-corrected chi connectivity index (χ2v) is 5.26. The fourth-order valence-electron chi connectivity index (χ4n) is 2.08. The Hall–Kier alpha value is -2.26. The van der Waals surface area contributed by atoms with Crippen molar-refractivity contribution < 1.29 is 4.79 Å². The van der Waals surface area contributed by atoms with Gasteiger partial charge in [-0.1, -0.05) is 17.7 Å². The number of nitrogens with zero attached hydrogens (tertiary/aromatic N) is 4. The highest BCUT2D eigenvalue weighted by molar-refractivity contribution is 6.29. The molecule has 1 aliphatic rings. The van der Waals surface area contributed by atoms with Gasteiger partial charge in [0.2, 0.25) is 0 Å². The maximum Gasteiger partial charge on any atom is 0.267 e. The minimum atomic E-state index is -0.305. The van der Waals surface area contributed by atoms with Crippen LogP contribution in [0.4, 0.5) is 0 Å². The van der Waals surface area contributed by atoms with Crippen LogP contribution >= 0.6 is 11.6 Å². The van der Waals surface area contributed by atoms with Crippen molar-refractivity contribution in [3.8, 4) is 6.07 Å². The summed E-state index contributed by atoms with van der Waals surface area (Å²) in [6.07, 6.45) is 1.69. The molecule has 0 aliphatic carbocycles. The molecule has 2 rings (SSSR count). The van der Waals surface area contributed by atoms with Crippen LogP contribution in [0.1, 0.15) is 5.56 Å². The third kappa shape index (κ3) is 3.44. The number of aromatic nitrogens is 1. The molecule has 1 aromatic heterocycles. The lowest BCUT2D eigenvalue weighted by atomic mass is 10.2. The van der Waals surface area contributed by atoms with E-state index in [0.29, 0.717) is 24.1 Å². The van der Waals surface area contributed by atoms with Gasteiger partial charge in [0.25, 0.3) is 5.91 Å². The maximum atomic E-state index is 12.1. The predicted octanol–water partition coefficient (Wildman–Crippen LogP) is 0.964. The molecule has 0 bridgehead atoms. The van der Waals surface area contributed by atoms with Crippen LogP contribution in [0.5, 0.6) is 0 Å². The fraction of sp³-hybridized carbons (Fsp3) is 0.357. The molecule has 0 unspecified atom stereocenters. The van der Waals surface area contributed by atoms with Crippen LogP contribution < -0.4 is 5.32 Å². The molecule has 0 radical (unpaired) electrons. The van der Waals surface area contributed by atoms with Gasteiger partial charge in [-0.25, -0.2) is 4.98 Å². The average molecular weight is 306 g/mol. The van der Waals surface area contributed by atoms with Crippen LogP contribution in [0.25, 0.3) is 0 Å². The normalized spacial score (nSPS) is 16.2. The van der Waals surface area contributed by atoms with Crippen molar-refractivity contribution in [3.05, 3.63) is 40.4 Å². The Balaban J connectivity index is 2.25. The summed E-state index contributed by atoms with van der Waals surface area (Å²) in [5.41, 5.74) is 1.09. The number of pyridine rings is 1. The average Bonchev–Trinajstić information content (AvgIpc) is 2.90. The summed E-state index contributed by atoms with van der Waals surface area (Å²) >= 11 is 5.77. The summed E-state index contributed by atoms with van der Waals surface area (Å²) in [6.45, 7) is 1.99. The SMILES string of the molecule is CN(C)C(=O)/C(C#N)=C1/NCCN1Cc1ccc(Cl)nc1. The number of likely N-dealkylation sites (N-methyl/N-ethyl adjacent to an activating group) is 1. The third-order valence-corrected chi connectivity index (χ3v) is 3.34. The van der Waals surface area contributed by atoms with Crippen molar-refractivity contribution in [2.75, 3.05) is 27.2 Å². The van der Waals surface area contributed by atoms with Crippen molar-refractivity contribution in [1.82, 2.24) is 20.1 Å². The van der Waals surface area contributed by atoms with Gasteiger partial charge in [-0.3, -0.25) is 4.79 Å². The van der Waals surface area contributed by atoms with E-state index < -0.39 is 0 Å². The summed E-state index contributed by atoms with van der Waals surface area (Å²) in [5, 5.41) is 12.8. The van der Waals surface area contributed by atoms with Gasteiger partial charge >= 0.3 is 0 Å². The highest BCUT2D eigenvalue weighted by Crippen LogP contribution is 2.17. The van der Waals surface area contributed by atoms with E-state index in [0.717, 1.165) is 12.1 Å². The van der Waals surface area contributed by atoms with Crippen molar-refractivity contribution in [2.24, 2.45) is 0 Å². The lowest BCUT2D eigenvalue weighted by Gasteiger charge is -2.21. The molecule has 1 N–H and O–H groups in total. The van der Waals surface area contributed by atoms with Gasteiger partial charge in [-0.15, -0.1) is 0 Å². The van der Waals surface area contributed by atoms with Gasteiger partial charge in [0.05, 0.1) is 0 Å². The summed E-state index contributed by atoms with van der Waals surface area (Å²) < 4.78 is 0. The van der Waals surface area contributed by atoms with Crippen LogP contribution in [0.2, 0.25) is 5.15 Å². The number of halogens is 1. The molecule has 0 aromatic carbocycles. The molecule has 1 aliphatic heterocycles. The van der Waals surface area contributed by atoms with Gasteiger partial charge in [0, 0.05) is 39.9 Å². The Morgan fingerprint density at radius 1 is 1.57 bits per heavy atom. The van der Waals surface area contributed by atoms with Crippen molar-refractivity contribution in [2.45, 2.75) is 6.54 Å². The van der Waals surface area contributed by atoms with Crippen LogP contribution in [0, 0.1) is 11.3 Å². The third-order valence-electron chi connectivity index (χ3n) is 3.12. The Morgan fingerprint density at radius 3 is 2.90 bits per heavy atom. The van der Waals surface area contributed by atoms with E-state index in [1.165, 1.54) is 4.90 Å². The van der Waals surface area contributed by atoms with Gasteiger partial charge in [0.1, 0.15) is 17.0 Å². The molecular formula is C14H16ClN5O.